The molecule has 3 rings (SSSR count). The first-order valence-corrected chi connectivity index (χ1v) is 12.8. The minimum absolute atomic E-state index is 0.0145. The van der Waals surface area contributed by atoms with E-state index in [0.717, 1.165) is 17.6 Å². The molecule has 0 unspecified atom stereocenters. The molecule has 2 aromatic carbocycles. The van der Waals surface area contributed by atoms with Crippen molar-refractivity contribution >= 4 is 61.9 Å². The minimum atomic E-state index is -3.36. The fraction of sp³-hybridized carbons (Fsp3) is 0.182. The van der Waals surface area contributed by atoms with E-state index in [1.165, 1.54) is 29.2 Å². The molecule has 0 saturated heterocycles. The van der Waals surface area contributed by atoms with Gasteiger partial charge in [0.2, 0.25) is 0 Å². The Morgan fingerprint density at radius 3 is 2.16 bits per heavy atom. The van der Waals surface area contributed by atoms with Crippen molar-refractivity contribution in [2.75, 3.05) is 11.2 Å². The van der Waals surface area contributed by atoms with Gasteiger partial charge in [-0.3, -0.25) is 4.79 Å². The summed E-state index contributed by atoms with van der Waals surface area (Å²) in [6.07, 6.45) is 1.11. The molecular weight excluding hydrogens is 493 g/mol. The highest BCUT2D eigenvalue weighted by molar-refractivity contribution is 7.90. The number of thiophene rings is 1. The fourth-order valence-electron chi connectivity index (χ4n) is 3.14. The molecule has 0 aliphatic carbocycles. The highest BCUT2D eigenvalue weighted by Gasteiger charge is 2.29. The second kappa shape index (κ2) is 9.23. The molecule has 32 heavy (non-hydrogen) atoms. The highest BCUT2D eigenvalue weighted by Crippen LogP contribution is 2.39. The lowest BCUT2D eigenvalue weighted by Gasteiger charge is -2.27. The Labute approximate surface area is 199 Å². The first-order chi connectivity index (χ1) is 14.9. The van der Waals surface area contributed by atoms with Crippen molar-refractivity contribution in [1.29, 1.82) is 0 Å². The van der Waals surface area contributed by atoms with Gasteiger partial charge in [-0.05, 0) is 55.8 Å². The number of benzene rings is 2. The monoisotopic (exact) mass is 511 g/mol. The molecule has 1 N–H and O–H groups in total. The zero-order valence-electron chi connectivity index (χ0n) is 17.3. The Kier molecular flexibility index (Phi) is 7.00. The standard InChI is InChI=1S/C22H19Cl2NO5S2/c1-12(2)25(21(26)16-9-6-14(23)10-17(16)24)18-11-19(31-20(18)22(27)28)13-4-7-15(8-5-13)32(3,29)30/h4-12H,1-3H3,(H,27,28). The van der Waals surface area contributed by atoms with Gasteiger partial charge in [0, 0.05) is 22.2 Å². The molecule has 6 nitrogen and oxygen atoms in total. The Hall–Kier alpha value is -2.39. The van der Waals surface area contributed by atoms with E-state index in [0.29, 0.717) is 15.5 Å². The fourth-order valence-corrected chi connectivity index (χ4v) is 5.25. The van der Waals surface area contributed by atoms with Crippen LogP contribution in [-0.2, 0) is 9.84 Å². The summed E-state index contributed by atoms with van der Waals surface area (Å²) >= 11 is 13.2. The minimum Gasteiger partial charge on any atom is -0.477 e. The average Bonchev–Trinajstić information content (AvgIpc) is 3.12. The lowest BCUT2D eigenvalue weighted by atomic mass is 10.1. The Balaban J connectivity index is 2.11. The van der Waals surface area contributed by atoms with Gasteiger partial charge >= 0.3 is 5.97 Å². The molecule has 0 saturated carbocycles. The van der Waals surface area contributed by atoms with Gasteiger partial charge in [-0.1, -0.05) is 35.3 Å². The van der Waals surface area contributed by atoms with Crippen molar-refractivity contribution in [3.8, 4) is 10.4 Å². The van der Waals surface area contributed by atoms with Crippen LogP contribution in [0.2, 0.25) is 10.0 Å². The third-order valence-corrected chi connectivity index (χ3v) is 7.47. The Morgan fingerprint density at radius 2 is 1.66 bits per heavy atom. The van der Waals surface area contributed by atoms with Gasteiger partial charge in [-0.25, -0.2) is 13.2 Å². The van der Waals surface area contributed by atoms with Crippen LogP contribution in [0.15, 0.2) is 53.4 Å². The Bertz CT molecular complexity index is 1300. The maximum atomic E-state index is 13.3. The van der Waals surface area contributed by atoms with Crippen LogP contribution in [0.3, 0.4) is 0 Å². The summed E-state index contributed by atoms with van der Waals surface area (Å²) in [6, 6.07) is 11.9. The highest BCUT2D eigenvalue weighted by atomic mass is 35.5. The third-order valence-electron chi connectivity index (χ3n) is 4.63. The first kappa shape index (κ1) is 24.3. The van der Waals surface area contributed by atoms with Crippen LogP contribution in [0.1, 0.15) is 33.9 Å². The summed E-state index contributed by atoms with van der Waals surface area (Å²) in [5, 5.41) is 10.3. The zero-order valence-corrected chi connectivity index (χ0v) is 20.4. The SMILES string of the molecule is CC(C)N(C(=O)c1ccc(Cl)cc1Cl)c1cc(-c2ccc(S(C)(=O)=O)cc2)sc1C(=O)O. The van der Waals surface area contributed by atoms with Crippen LogP contribution < -0.4 is 4.90 Å². The first-order valence-electron chi connectivity index (χ1n) is 9.36. The smallest absolute Gasteiger partial charge is 0.348 e. The molecule has 0 aliphatic rings. The van der Waals surface area contributed by atoms with E-state index in [1.54, 1.807) is 38.1 Å². The van der Waals surface area contributed by atoms with E-state index in [9.17, 15) is 23.1 Å². The molecule has 0 aliphatic heterocycles. The summed E-state index contributed by atoms with van der Waals surface area (Å²) < 4.78 is 23.4. The summed E-state index contributed by atoms with van der Waals surface area (Å²) in [4.78, 5) is 27.4. The number of hydrogen-bond acceptors (Lipinski definition) is 5. The number of rotatable bonds is 6. The lowest BCUT2D eigenvalue weighted by Crippen LogP contribution is -2.37. The van der Waals surface area contributed by atoms with Gasteiger partial charge < -0.3 is 10.0 Å². The number of carboxylic acids is 1. The van der Waals surface area contributed by atoms with E-state index >= 15 is 0 Å². The van der Waals surface area contributed by atoms with Crippen LogP contribution in [0.4, 0.5) is 5.69 Å². The van der Waals surface area contributed by atoms with E-state index in [1.807, 2.05) is 0 Å². The van der Waals surface area contributed by atoms with Crippen LogP contribution >= 0.6 is 34.5 Å². The topological polar surface area (TPSA) is 91.8 Å². The summed E-state index contributed by atoms with van der Waals surface area (Å²) in [6.45, 7) is 3.54. The largest absolute Gasteiger partial charge is 0.477 e. The van der Waals surface area contributed by atoms with Crippen molar-refractivity contribution in [2.24, 2.45) is 0 Å². The number of carbonyl (C=O) groups is 2. The van der Waals surface area contributed by atoms with Crippen LogP contribution in [0.5, 0.6) is 0 Å². The quantitative estimate of drug-likeness (QED) is 0.446. The molecule has 0 bridgehead atoms. The second-order valence-corrected chi connectivity index (χ2v) is 11.2. The van der Waals surface area contributed by atoms with E-state index in [2.05, 4.69) is 0 Å². The van der Waals surface area contributed by atoms with Gasteiger partial charge in [-0.2, -0.15) is 0 Å². The van der Waals surface area contributed by atoms with Crippen molar-refractivity contribution in [2.45, 2.75) is 24.8 Å². The number of carboxylic acid groups (broad SMARTS) is 1. The van der Waals surface area contributed by atoms with Gasteiger partial charge in [0.05, 0.1) is 21.2 Å². The maximum Gasteiger partial charge on any atom is 0.348 e. The van der Waals surface area contributed by atoms with E-state index < -0.39 is 21.7 Å². The molecule has 1 heterocycles. The molecule has 168 valence electrons. The predicted octanol–water partition coefficient (Wildman–Crippen LogP) is 5.88. The molecule has 10 heteroatoms. The van der Waals surface area contributed by atoms with E-state index in [-0.39, 0.29) is 32.1 Å². The van der Waals surface area contributed by atoms with Gasteiger partial charge in [0.1, 0.15) is 4.88 Å². The molecule has 3 aromatic rings. The van der Waals surface area contributed by atoms with Gasteiger partial charge in [0.25, 0.3) is 5.91 Å². The van der Waals surface area contributed by atoms with Gasteiger partial charge in [-0.15, -0.1) is 11.3 Å². The normalized spacial score (nSPS) is 11.6. The number of amides is 1. The molecule has 0 radical (unpaired) electrons. The molecular formula is C22H19Cl2NO5S2. The second-order valence-electron chi connectivity index (χ2n) is 7.32. The Morgan fingerprint density at radius 1 is 1.03 bits per heavy atom. The lowest BCUT2D eigenvalue weighted by molar-refractivity contribution is 0.0703. The number of anilines is 1. The molecule has 1 aromatic heterocycles. The van der Waals surface area contributed by atoms with Crippen LogP contribution in [-0.4, -0.2) is 37.7 Å². The van der Waals surface area contributed by atoms with Crippen molar-refractivity contribution in [3.05, 3.63) is 69.0 Å². The number of nitrogens with zero attached hydrogens (tertiary/aromatic N) is 1. The predicted molar refractivity (Wildman–Crippen MR) is 128 cm³/mol. The third kappa shape index (κ3) is 4.99. The number of sulfone groups is 1. The van der Waals surface area contributed by atoms with E-state index in [4.69, 9.17) is 23.2 Å². The molecule has 0 fully saturated rings. The average molecular weight is 512 g/mol. The molecule has 1 amide bonds. The van der Waals surface area contributed by atoms with Crippen molar-refractivity contribution < 1.29 is 23.1 Å². The zero-order chi connectivity index (χ0) is 23.8. The number of aromatic carboxylic acids is 1. The summed E-state index contributed by atoms with van der Waals surface area (Å²) in [5.41, 5.74) is 1.07. The van der Waals surface area contributed by atoms with Crippen molar-refractivity contribution in [1.82, 2.24) is 0 Å². The number of halogens is 2. The number of hydrogen-bond donors (Lipinski definition) is 1. The van der Waals surface area contributed by atoms with Crippen molar-refractivity contribution in [3.63, 3.8) is 0 Å². The molecule has 0 atom stereocenters. The number of carbonyl (C=O) groups excluding carboxylic acids is 1. The molecule has 0 spiro atoms. The van der Waals surface area contributed by atoms with Crippen LogP contribution in [0, 0.1) is 0 Å². The van der Waals surface area contributed by atoms with Gasteiger partial charge in [0.15, 0.2) is 9.84 Å². The summed E-state index contributed by atoms with van der Waals surface area (Å²) in [7, 11) is -3.36. The maximum absolute atomic E-state index is 13.3. The summed E-state index contributed by atoms with van der Waals surface area (Å²) in [5.74, 6) is -1.63. The van der Waals surface area contributed by atoms with Crippen LogP contribution in [0.25, 0.3) is 10.4 Å².